The number of halogens is 3. The van der Waals surface area contributed by atoms with Gasteiger partial charge >= 0.3 is 0 Å². The molecule has 2 aromatic rings. The van der Waals surface area contributed by atoms with E-state index >= 15 is 0 Å². The van der Waals surface area contributed by atoms with Crippen molar-refractivity contribution in [2.75, 3.05) is 5.32 Å². The van der Waals surface area contributed by atoms with Crippen LogP contribution >= 0.6 is 27.5 Å². The van der Waals surface area contributed by atoms with Crippen molar-refractivity contribution in [1.82, 2.24) is 0 Å². The SMILES string of the molecule is N/C(=N/O)c1cc(F)ccc1CNc1cccc(Cl)c1Br. The molecule has 0 saturated carbocycles. The Labute approximate surface area is 134 Å². The van der Waals surface area contributed by atoms with Gasteiger partial charge in [-0.15, -0.1) is 0 Å². The largest absolute Gasteiger partial charge is 0.409 e. The minimum absolute atomic E-state index is 0.142. The first kappa shape index (κ1) is 15.6. The molecule has 0 fully saturated rings. The summed E-state index contributed by atoms with van der Waals surface area (Å²) < 4.78 is 14.0. The van der Waals surface area contributed by atoms with Crippen molar-refractivity contribution in [3.63, 3.8) is 0 Å². The van der Waals surface area contributed by atoms with Gasteiger partial charge in [0.1, 0.15) is 5.82 Å². The average molecular weight is 373 g/mol. The van der Waals surface area contributed by atoms with Crippen molar-refractivity contribution in [2.45, 2.75) is 6.54 Å². The van der Waals surface area contributed by atoms with Crippen molar-refractivity contribution in [3.05, 3.63) is 62.8 Å². The van der Waals surface area contributed by atoms with Crippen LogP contribution in [0.15, 0.2) is 46.0 Å². The Bertz CT molecular complexity index is 694. The maximum Gasteiger partial charge on any atom is 0.170 e. The van der Waals surface area contributed by atoms with Crippen LogP contribution in [0.1, 0.15) is 11.1 Å². The van der Waals surface area contributed by atoms with E-state index in [4.69, 9.17) is 22.5 Å². The van der Waals surface area contributed by atoms with E-state index in [9.17, 15) is 4.39 Å². The summed E-state index contributed by atoms with van der Waals surface area (Å²) in [7, 11) is 0. The van der Waals surface area contributed by atoms with Crippen LogP contribution in [0.3, 0.4) is 0 Å². The Kier molecular flexibility index (Phi) is 5.03. The van der Waals surface area contributed by atoms with Gasteiger partial charge in [-0.2, -0.15) is 0 Å². The lowest BCUT2D eigenvalue weighted by Gasteiger charge is -2.12. The molecule has 0 radical (unpaired) electrons. The van der Waals surface area contributed by atoms with Crippen molar-refractivity contribution in [2.24, 2.45) is 10.9 Å². The van der Waals surface area contributed by atoms with Gasteiger partial charge in [0, 0.05) is 12.1 Å². The van der Waals surface area contributed by atoms with Crippen LogP contribution in [0.2, 0.25) is 5.02 Å². The van der Waals surface area contributed by atoms with Crippen LogP contribution in [-0.4, -0.2) is 11.0 Å². The lowest BCUT2D eigenvalue weighted by Crippen LogP contribution is -2.17. The number of anilines is 1. The van der Waals surface area contributed by atoms with Crippen LogP contribution in [0, 0.1) is 5.82 Å². The van der Waals surface area contributed by atoms with E-state index in [1.54, 1.807) is 12.1 Å². The molecule has 0 saturated heterocycles. The molecule has 0 spiro atoms. The van der Waals surface area contributed by atoms with Crippen molar-refractivity contribution >= 4 is 39.1 Å². The van der Waals surface area contributed by atoms with Gasteiger partial charge in [-0.05, 0) is 45.8 Å². The Morgan fingerprint density at radius 1 is 1.38 bits per heavy atom. The number of nitrogens with one attached hydrogen (secondary N) is 1. The lowest BCUT2D eigenvalue weighted by molar-refractivity contribution is 0.318. The summed E-state index contributed by atoms with van der Waals surface area (Å²) in [6.45, 7) is 0.366. The maximum atomic E-state index is 13.3. The van der Waals surface area contributed by atoms with Crippen LogP contribution in [0.5, 0.6) is 0 Å². The molecule has 0 aliphatic rings. The molecule has 0 amide bonds. The highest BCUT2D eigenvalue weighted by Gasteiger charge is 2.10. The van der Waals surface area contributed by atoms with E-state index < -0.39 is 5.82 Å². The van der Waals surface area contributed by atoms with Crippen molar-refractivity contribution in [3.8, 4) is 0 Å². The normalized spacial score (nSPS) is 11.5. The van der Waals surface area contributed by atoms with Gasteiger partial charge in [0.05, 0.1) is 15.2 Å². The molecule has 0 atom stereocenters. The summed E-state index contributed by atoms with van der Waals surface area (Å²) >= 11 is 9.40. The first-order valence-corrected chi connectivity index (χ1v) is 7.14. The number of amidine groups is 1. The molecule has 0 aliphatic carbocycles. The van der Waals surface area contributed by atoms with E-state index in [1.807, 2.05) is 12.1 Å². The van der Waals surface area contributed by atoms with Gasteiger partial charge in [0.15, 0.2) is 5.84 Å². The fraction of sp³-hybridized carbons (Fsp3) is 0.0714. The zero-order valence-corrected chi connectivity index (χ0v) is 13.1. The first-order valence-electron chi connectivity index (χ1n) is 5.97. The second-order valence-electron chi connectivity index (χ2n) is 4.24. The molecule has 21 heavy (non-hydrogen) atoms. The number of nitrogens with zero attached hydrogens (tertiary/aromatic N) is 1. The first-order chi connectivity index (χ1) is 10.0. The third-order valence-corrected chi connectivity index (χ3v) is 4.27. The molecule has 2 rings (SSSR count). The van der Waals surface area contributed by atoms with Crippen LogP contribution in [-0.2, 0) is 6.54 Å². The number of oxime groups is 1. The highest BCUT2D eigenvalue weighted by atomic mass is 79.9. The molecular formula is C14H12BrClFN3O. The predicted molar refractivity (Wildman–Crippen MR) is 85.4 cm³/mol. The maximum absolute atomic E-state index is 13.3. The van der Waals surface area contributed by atoms with Crippen LogP contribution < -0.4 is 11.1 Å². The third kappa shape index (κ3) is 3.65. The number of hydrogen-bond acceptors (Lipinski definition) is 3. The molecule has 2 aromatic carbocycles. The van der Waals surface area contributed by atoms with E-state index in [-0.39, 0.29) is 5.84 Å². The van der Waals surface area contributed by atoms with E-state index in [1.165, 1.54) is 12.1 Å². The van der Waals surface area contributed by atoms with Gasteiger partial charge in [-0.3, -0.25) is 0 Å². The predicted octanol–water partition coefficient (Wildman–Crippen LogP) is 3.95. The molecule has 0 bridgehead atoms. The summed E-state index contributed by atoms with van der Waals surface area (Å²) in [6, 6.07) is 9.54. The summed E-state index contributed by atoms with van der Waals surface area (Å²) in [6.07, 6.45) is 0. The van der Waals surface area contributed by atoms with Crippen LogP contribution in [0.4, 0.5) is 10.1 Å². The minimum atomic E-state index is -0.454. The Balaban J connectivity index is 2.26. The monoisotopic (exact) mass is 371 g/mol. The van der Waals surface area contributed by atoms with Crippen LogP contribution in [0.25, 0.3) is 0 Å². The fourth-order valence-corrected chi connectivity index (χ4v) is 2.40. The molecule has 0 aromatic heterocycles. The quantitative estimate of drug-likeness (QED) is 0.329. The molecule has 110 valence electrons. The summed E-state index contributed by atoms with van der Waals surface area (Å²) in [4.78, 5) is 0. The summed E-state index contributed by atoms with van der Waals surface area (Å²) in [5.41, 5.74) is 7.38. The van der Waals surface area contributed by atoms with E-state index in [0.717, 1.165) is 10.2 Å². The lowest BCUT2D eigenvalue weighted by atomic mass is 10.1. The highest BCUT2D eigenvalue weighted by Crippen LogP contribution is 2.30. The summed E-state index contributed by atoms with van der Waals surface area (Å²) in [5.74, 6) is -0.597. The topological polar surface area (TPSA) is 70.6 Å². The van der Waals surface area contributed by atoms with E-state index in [2.05, 4.69) is 26.4 Å². The van der Waals surface area contributed by atoms with Gasteiger partial charge in [-0.25, -0.2) is 4.39 Å². The zero-order valence-electron chi connectivity index (χ0n) is 10.8. The summed E-state index contributed by atoms with van der Waals surface area (Å²) in [5, 5.41) is 15.4. The molecule has 0 aliphatic heterocycles. The highest BCUT2D eigenvalue weighted by molar-refractivity contribution is 9.10. The zero-order chi connectivity index (χ0) is 15.4. The smallest absolute Gasteiger partial charge is 0.170 e. The molecule has 0 heterocycles. The fourth-order valence-electron chi connectivity index (χ4n) is 1.83. The Morgan fingerprint density at radius 2 is 2.14 bits per heavy atom. The standard InChI is InChI=1S/C14H12BrClFN3O/c15-13-11(16)2-1-3-12(13)19-7-8-4-5-9(17)6-10(8)14(18)20-21/h1-6,19,21H,7H2,(H2,18,20). The van der Waals surface area contributed by atoms with Gasteiger partial charge in [0.2, 0.25) is 0 Å². The molecule has 0 unspecified atom stereocenters. The number of nitrogens with two attached hydrogens (primary N) is 1. The van der Waals surface area contributed by atoms with Crippen molar-refractivity contribution in [1.29, 1.82) is 0 Å². The van der Waals surface area contributed by atoms with E-state index in [0.29, 0.717) is 22.7 Å². The molecular weight excluding hydrogens is 361 g/mol. The molecule has 4 nitrogen and oxygen atoms in total. The molecule has 7 heteroatoms. The number of benzene rings is 2. The second kappa shape index (κ2) is 6.78. The number of rotatable bonds is 4. The average Bonchev–Trinajstić information content (AvgIpc) is 2.49. The van der Waals surface area contributed by atoms with Crippen molar-refractivity contribution < 1.29 is 9.60 Å². The third-order valence-electron chi connectivity index (χ3n) is 2.88. The van der Waals surface area contributed by atoms with Gasteiger partial charge in [0.25, 0.3) is 0 Å². The minimum Gasteiger partial charge on any atom is -0.409 e. The van der Waals surface area contributed by atoms with Gasteiger partial charge in [-0.1, -0.05) is 28.9 Å². The Morgan fingerprint density at radius 3 is 2.86 bits per heavy atom. The van der Waals surface area contributed by atoms with Gasteiger partial charge < -0.3 is 16.3 Å². The molecule has 4 N–H and O–H groups in total. The Hall–Kier alpha value is -1.79. The second-order valence-corrected chi connectivity index (χ2v) is 5.44. The number of hydrogen-bond donors (Lipinski definition) is 3.